The van der Waals surface area contributed by atoms with Crippen molar-refractivity contribution >= 4 is 12.0 Å². The minimum absolute atomic E-state index is 0.0696. The molecule has 3 N–H and O–H groups in total. The van der Waals surface area contributed by atoms with Crippen molar-refractivity contribution in [3.8, 4) is 28.3 Å². The number of nitrogens with two attached hydrogens (primary N) is 1. The number of rotatable bonds is 4. The quantitative estimate of drug-likeness (QED) is 0.762. The van der Waals surface area contributed by atoms with Gasteiger partial charge in [-0.15, -0.1) is 0 Å². The van der Waals surface area contributed by atoms with Gasteiger partial charge in [0.25, 0.3) is 0 Å². The smallest absolute Gasteiger partial charge is 0.319 e. The van der Waals surface area contributed by atoms with Crippen molar-refractivity contribution in [2.75, 3.05) is 12.4 Å². The monoisotopic (exact) mass is 338 g/mol. The third-order valence-corrected chi connectivity index (χ3v) is 3.49. The van der Waals surface area contributed by atoms with E-state index in [-0.39, 0.29) is 11.8 Å². The van der Waals surface area contributed by atoms with Gasteiger partial charge in [-0.1, -0.05) is 0 Å². The fraction of sp³-hybridized carbons (Fsp3) is 0.0556. The maximum Gasteiger partial charge on any atom is 0.319 e. The Hall–Kier alpha value is -3.48. The van der Waals surface area contributed by atoms with Crippen LogP contribution >= 0.6 is 0 Å². The third-order valence-electron chi connectivity index (χ3n) is 3.49. The van der Waals surface area contributed by atoms with Crippen LogP contribution in [0.5, 0.6) is 5.75 Å². The fourth-order valence-corrected chi connectivity index (χ4v) is 2.29. The van der Waals surface area contributed by atoms with Gasteiger partial charge in [0, 0.05) is 11.1 Å². The number of carbonyl (C=O) groups is 1. The van der Waals surface area contributed by atoms with Crippen LogP contribution in [-0.4, -0.2) is 23.1 Å². The van der Waals surface area contributed by atoms with E-state index in [1.807, 2.05) is 12.1 Å². The molecule has 1 aromatic heterocycles. The number of carbonyl (C=O) groups excluding carboxylic acids is 1. The van der Waals surface area contributed by atoms with E-state index in [1.54, 1.807) is 37.4 Å². The summed E-state index contributed by atoms with van der Waals surface area (Å²) in [4.78, 5) is 19.7. The van der Waals surface area contributed by atoms with Crippen LogP contribution in [0, 0.1) is 5.82 Å². The SMILES string of the molecule is COc1ccc(-c2cc(-c3ccc(F)cc3)nc(NC(N)=O)n2)cc1. The molecule has 0 saturated heterocycles. The number of benzene rings is 2. The highest BCUT2D eigenvalue weighted by Crippen LogP contribution is 2.26. The summed E-state index contributed by atoms with van der Waals surface area (Å²) in [6.45, 7) is 0. The number of ether oxygens (including phenoxy) is 1. The molecule has 2 amide bonds. The first-order chi connectivity index (χ1) is 12.0. The van der Waals surface area contributed by atoms with Crippen molar-refractivity contribution < 1.29 is 13.9 Å². The molecule has 0 unspecified atom stereocenters. The first-order valence-corrected chi connectivity index (χ1v) is 7.41. The minimum Gasteiger partial charge on any atom is -0.497 e. The van der Waals surface area contributed by atoms with Gasteiger partial charge in [0.2, 0.25) is 5.95 Å². The van der Waals surface area contributed by atoms with Gasteiger partial charge in [-0.3, -0.25) is 5.32 Å². The molecule has 0 bridgehead atoms. The van der Waals surface area contributed by atoms with Gasteiger partial charge in [-0.25, -0.2) is 19.2 Å². The predicted molar refractivity (Wildman–Crippen MR) is 92.6 cm³/mol. The van der Waals surface area contributed by atoms with E-state index < -0.39 is 6.03 Å². The summed E-state index contributed by atoms with van der Waals surface area (Å²) >= 11 is 0. The van der Waals surface area contributed by atoms with Crippen LogP contribution < -0.4 is 15.8 Å². The molecule has 3 aromatic rings. The molecule has 0 aliphatic rings. The zero-order valence-corrected chi connectivity index (χ0v) is 13.4. The Bertz CT molecular complexity index is 896. The number of urea groups is 1. The van der Waals surface area contributed by atoms with Gasteiger partial charge in [0.15, 0.2) is 0 Å². The number of nitrogens with zero attached hydrogens (tertiary/aromatic N) is 2. The lowest BCUT2D eigenvalue weighted by atomic mass is 10.1. The van der Waals surface area contributed by atoms with Gasteiger partial charge in [-0.05, 0) is 54.6 Å². The molecule has 0 saturated carbocycles. The summed E-state index contributed by atoms with van der Waals surface area (Å²) in [5, 5.41) is 2.38. The standard InChI is InChI=1S/C18H15FN4O2/c1-25-14-8-4-12(5-9-14)16-10-15(11-2-6-13(19)7-3-11)21-18(22-16)23-17(20)24/h2-10H,1H3,(H3,20,21,22,23,24). The molecule has 0 atom stereocenters. The molecule has 0 spiro atoms. The summed E-state index contributed by atoms with van der Waals surface area (Å²) in [5.41, 5.74) is 7.77. The zero-order valence-electron chi connectivity index (χ0n) is 13.4. The van der Waals surface area contributed by atoms with E-state index in [1.165, 1.54) is 12.1 Å². The highest BCUT2D eigenvalue weighted by atomic mass is 19.1. The Kier molecular flexibility index (Phi) is 4.56. The topological polar surface area (TPSA) is 90.1 Å². The van der Waals surface area contributed by atoms with Gasteiger partial charge in [0.1, 0.15) is 11.6 Å². The molecule has 0 radical (unpaired) electrons. The van der Waals surface area contributed by atoms with E-state index >= 15 is 0 Å². The number of hydrogen-bond acceptors (Lipinski definition) is 4. The normalized spacial score (nSPS) is 10.3. The number of primary amides is 1. The highest BCUT2D eigenvalue weighted by molar-refractivity contribution is 5.86. The van der Waals surface area contributed by atoms with Crippen LogP contribution in [0.15, 0.2) is 54.6 Å². The Labute approximate surface area is 143 Å². The molecule has 0 aliphatic heterocycles. The van der Waals surface area contributed by atoms with Crippen LogP contribution in [-0.2, 0) is 0 Å². The second kappa shape index (κ2) is 6.96. The molecule has 3 rings (SSSR count). The van der Waals surface area contributed by atoms with Gasteiger partial charge in [-0.2, -0.15) is 0 Å². The van der Waals surface area contributed by atoms with Crippen molar-refractivity contribution in [1.82, 2.24) is 9.97 Å². The summed E-state index contributed by atoms with van der Waals surface area (Å²) in [6.07, 6.45) is 0. The van der Waals surface area contributed by atoms with Gasteiger partial charge < -0.3 is 10.5 Å². The molecular weight excluding hydrogens is 323 g/mol. The van der Waals surface area contributed by atoms with E-state index in [2.05, 4.69) is 15.3 Å². The average Bonchev–Trinajstić information content (AvgIpc) is 2.61. The number of anilines is 1. The molecule has 0 fully saturated rings. The molecule has 1 heterocycles. The van der Waals surface area contributed by atoms with E-state index in [9.17, 15) is 9.18 Å². The summed E-state index contributed by atoms with van der Waals surface area (Å²) in [7, 11) is 1.58. The van der Waals surface area contributed by atoms with Crippen molar-refractivity contribution in [1.29, 1.82) is 0 Å². The van der Waals surface area contributed by atoms with Crippen LogP contribution in [0.25, 0.3) is 22.5 Å². The summed E-state index contributed by atoms with van der Waals surface area (Å²) in [5.74, 6) is 0.441. The lowest BCUT2D eigenvalue weighted by Gasteiger charge is -2.09. The molecule has 25 heavy (non-hydrogen) atoms. The van der Waals surface area contributed by atoms with Crippen LogP contribution in [0.3, 0.4) is 0 Å². The highest BCUT2D eigenvalue weighted by Gasteiger charge is 2.10. The number of aromatic nitrogens is 2. The molecular formula is C18H15FN4O2. The maximum absolute atomic E-state index is 13.2. The van der Waals surface area contributed by atoms with Crippen LogP contribution in [0.4, 0.5) is 15.1 Å². The first kappa shape index (κ1) is 16.4. The van der Waals surface area contributed by atoms with E-state index in [0.717, 1.165) is 5.56 Å². The van der Waals surface area contributed by atoms with Crippen molar-refractivity contribution in [2.24, 2.45) is 5.73 Å². The Morgan fingerprint density at radius 2 is 1.52 bits per heavy atom. The van der Waals surface area contributed by atoms with Crippen LogP contribution in [0.1, 0.15) is 0 Å². The molecule has 6 nitrogen and oxygen atoms in total. The lowest BCUT2D eigenvalue weighted by molar-refractivity contribution is 0.259. The number of halogens is 1. The Morgan fingerprint density at radius 3 is 2.00 bits per heavy atom. The number of amides is 2. The second-order valence-corrected chi connectivity index (χ2v) is 5.19. The molecule has 0 aliphatic carbocycles. The van der Waals surface area contributed by atoms with Gasteiger partial charge in [0.05, 0.1) is 18.5 Å². The number of hydrogen-bond donors (Lipinski definition) is 2. The van der Waals surface area contributed by atoms with Crippen molar-refractivity contribution in [2.45, 2.75) is 0 Å². The Balaban J connectivity index is 2.08. The van der Waals surface area contributed by atoms with E-state index in [0.29, 0.717) is 22.7 Å². The van der Waals surface area contributed by atoms with Gasteiger partial charge >= 0.3 is 6.03 Å². The maximum atomic E-state index is 13.2. The molecule has 126 valence electrons. The summed E-state index contributed by atoms with van der Waals surface area (Å²) < 4.78 is 18.3. The predicted octanol–water partition coefficient (Wildman–Crippen LogP) is 3.45. The largest absolute Gasteiger partial charge is 0.497 e. The van der Waals surface area contributed by atoms with E-state index in [4.69, 9.17) is 10.5 Å². The van der Waals surface area contributed by atoms with Crippen molar-refractivity contribution in [3.63, 3.8) is 0 Å². The van der Waals surface area contributed by atoms with Crippen LogP contribution in [0.2, 0.25) is 0 Å². The van der Waals surface area contributed by atoms with Crippen molar-refractivity contribution in [3.05, 3.63) is 60.4 Å². The lowest BCUT2D eigenvalue weighted by Crippen LogP contribution is -2.21. The third kappa shape index (κ3) is 3.89. The second-order valence-electron chi connectivity index (χ2n) is 5.19. The average molecular weight is 338 g/mol. The number of methoxy groups -OCH3 is 1. The molecule has 7 heteroatoms. The minimum atomic E-state index is -0.767. The first-order valence-electron chi connectivity index (χ1n) is 7.41. The zero-order chi connectivity index (χ0) is 17.8. The summed E-state index contributed by atoms with van der Waals surface area (Å²) in [6, 6.07) is 14.1. The molecule has 2 aromatic carbocycles. The Morgan fingerprint density at radius 1 is 1.00 bits per heavy atom. The number of nitrogens with one attached hydrogen (secondary N) is 1. The fourth-order valence-electron chi connectivity index (χ4n) is 2.29.